The lowest BCUT2D eigenvalue weighted by Crippen LogP contribution is -2.51. The van der Waals surface area contributed by atoms with E-state index in [2.05, 4.69) is 9.97 Å². The van der Waals surface area contributed by atoms with Crippen LogP contribution in [0.15, 0.2) is 36.8 Å². The smallest absolute Gasteiger partial charge is 0.330 e. The molecule has 1 amide bonds. The maximum absolute atomic E-state index is 12.4. The Kier molecular flexibility index (Phi) is 4.90. The highest BCUT2D eigenvalue weighted by atomic mass is 16.5. The van der Waals surface area contributed by atoms with Gasteiger partial charge in [-0.15, -0.1) is 0 Å². The third kappa shape index (κ3) is 3.50. The molecule has 0 saturated carbocycles. The predicted molar refractivity (Wildman–Crippen MR) is 79.6 cm³/mol. The Bertz CT molecular complexity index is 637. The number of rotatable bonds is 5. The summed E-state index contributed by atoms with van der Waals surface area (Å²) in [6.07, 6.45) is 3.26. The normalized spacial score (nSPS) is 11.8. The van der Waals surface area contributed by atoms with Gasteiger partial charge in [0.2, 0.25) is 0 Å². The number of hydrazine groups is 1. The van der Waals surface area contributed by atoms with Gasteiger partial charge in [-0.25, -0.2) is 15.6 Å². The number of nitrogens with one attached hydrogen (secondary N) is 1. The average Bonchev–Trinajstić information content (AvgIpc) is 3.04. The van der Waals surface area contributed by atoms with Crippen molar-refractivity contribution in [3.8, 4) is 0 Å². The topological polar surface area (TPSA) is 101 Å². The molecule has 7 heteroatoms. The van der Waals surface area contributed by atoms with Gasteiger partial charge in [-0.05, 0) is 19.1 Å². The van der Waals surface area contributed by atoms with Gasteiger partial charge in [0, 0.05) is 23.9 Å². The summed E-state index contributed by atoms with van der Waals surface area (Å²) in [5, 5.41) is 0.900. The minimum Gasteiger partial charge on any atom is -0.467 e. The van der Waals surface area contributed by atoms with Gasteiger partial charge in [0.25, 0.3) is 5.91 Å². The molecule has 116 valence electrons. The molecule has 1 aromatic carbocycles. The number of aromatic nitrogens is 2. The zero-order chi connectivity index (χ0) is 16.1. The number of nitrogens with two attached hydrogens (primary N) is 1. The lowest BCUT2D eigenvalue weighted by Gasteiger charge is -2.25. The molecule has 1 atom stereocenters. The second-order valence-electron chi connectivity index (χ2n) is 4.90. The lowest BCUT2D eigenvalue weighted by molar-refractivity contribution is -0.146. The molecule has 1 aromatic heterocycles. The zero-order valence-electron chi connectivity index (χ0n) is 12.4. The molecule has 3 N–H and O–H groups in total. The van der Waals surface area contributed by atoms with Crippen molar-refractivity contribution in [2.24, 2.45) is 5.84 Å². The molecule has 7 nitrogen and oxygen atoms in total. The van der Waals surface area contributed by atoms with Crippen LogP contribution in [0.25, 0.3) is 0 Å². The van der Waals surface area contributed by atoms with Crippen molar-refractivity contribution in [3.05, 3.63) is 53.6 Å². The van der Waals surface area contributed by atoms with Crippen molar-refractivity contribution in [1.29, 1.82) is 0 Å². The Hall–Kier alpha value is -2.67. The summed E-state index contributed by atoms with van der Waals surface area (Å²) in [6.45, 7) is 1.92. The number of methoxy groups -OCH3 is 1. The third-order valence-corrected chi connectivity index (χ3v) is 3.31. The number of carbonyl (C=O) groups is 2. The standard InChI is InChI=1S/C15H18N4O3/c1-10-3-5-11(6-4-10)14(20)19(16)13(15(21)22-2)7-12-8-17-9-18-12/h3-6,8-9,13H,7,16H2,1-2H3,(H,17,18)/t13-/m0/s1. The average molecular weight is 302 g/mol. The van der Waals surface area contributed by atoms with Crippen LogP contribution in [0.3, 0.4) is 0 Å². The lowest BCUT2D eigenvalue weighted by atomic mass is 10.1. The Balaban J connectivity index is 2.20. The van der Waals surface area contributed by atoms with Crippen LogP contribution < -0.4 is 5.84 Å². The summed E-state index contributed by atoms with van der Waals surface area (Å²) in [5.74, 6) is 4.84. The summed E-state index contributed by atoms with van der Waals surface area (Å²) in [4.78, 5) is 31.1. The van der Waals surface area contributed by atoms with Crippen molar-refractivity contribution >= 4 is 11.9 Å². The molecule has 22 heavy (non-hydrogen) atoms. The number of H-pyrrole nitrogens is 1. The van der Waals surface area contributed by atoms with Gasteiger partial charge in [0.15, 0.2) is 6.04 Å². The van der Waals surface area contributed by atoms with E-state index in [0.29, 0.717) is 11.3 Å². The van der Waals surface area contributed by atoms with Crippen LogP contribution in [-0.2, 0) is 16.0 Å². The largest absolute Gasteiger partial charge is 0.467 e. The predicted octanol–water partition coefficient (Wildman–Crippen LogP) is 0.818. The first kappa shape index (κ1) is 15.7. The maximum Gasteiger partial charge on any atom is 0.330 e. The van der Waals surface area contributed by atoms with Gasteiger partial charge in [-0.2, -0.15) is 0 Å². The van der Waals surface area contributed by atoms with E-state index in [1.807, 2.05) is 19.1 Å². The molecule has 0 aliphatic heterocycles. The van der Waals surface area contributed by atoms with Gasteiger partial charge in [0.1, 0.15) is 0 Å². The number of esters is 1. The van der Waals surface area contributed by atoms with E-state index in [9.17, 15) is 9.59 Å². The van der Waals surface area contributed by atoms with Gasteiger partial charge in [-0.1, -0.05) is 17.7 Å². The van der Waals surface area contributed by atoms with Gasteiger partial charge >= 0.3 is 5.97 Å². The molecule has 0 fully saturated rings. The fourth-order valence-electron chi connectivity index (χ4n) is 2.02. The van der Waals surface area contributed by atoms with Crippen molar-refractivity contribution in [1.82, 2.24) is 15.0 Å². The van der Waals surface area contributed by atoms with Crippen LogP contribution in [0.2, 0.25) is 0 Å². The van der Waals surface area contributed by atoms with E-state index >= 15 is 0 Å². The van der Waals surface area contributed by atoms with Crippen molar-refractivity contribution in [3.63, 3.8) is 0 Å². The quantitative estimate of drug-likeness (QED) is 0.368. The second-order valence-corrected chi connectivity index (χ2v) is 4.90. The highest BCUT2D eigenvalue weighted by Crippen LogP contribution is 2.11. The summed E-state index contributed by atoms with van der Waals surface area (Å²) in [6, 6.07) is 6.02. The number of benzene rings is 1. The van der Waals surface area contributed by atoms with E-state index in [1.54, 1.807) is 18.3 Å². The van der Waals surface area contributed by atoms with Gasteiger partial charge < -0.3 is 9.72 Å². The first-order chi connectivity index (χ1) is 10.5. The number of ether oxygens (including phenoxy) is 1. The van der Waals surface area contributed by atoms with Crippen molar-refractivity contribution < 1.29 is 14.3 Å². The van der Waals surface area contributed by atoms with E-state index in [4.69, 9.17) is 10.6 Å². The van der Waals surface area contributed by atoms with Crippen molar-refractivity contribution in [2.45, 2.75) is 19.4 Å². The van der Waals surface area contributed by atoms with E-state index in [1.165, 1.54) is 13.4 Å². The van der Waals surface area contributed by atoms with Crippen LogP contribution in [0, 0.1) is 6.92 Å². The maximum atomic E-state index is 12.4. The Labute approximate surface area is 128 Å². The van der Waals surface area contributed by atoms with E-state index in [0.717, 1.165) is 10.6 Å². The summed E-state index contributed by atoms with van der Waals surface area (Å²) in [5.41, 5.74) is 2.12. The molecule has 0 saturated heterocycles. The fraction of sp³-hybridized carbons (Fsp3) is 0.267. The van der Waals surface area contributed by atoms with E-state index in [-0.39, 0.29) is 6.42 Å². The summed E-state index contributed by atoms with van der Waals surface area (Å²) >= 11 is 0. The number of nitrogens with zero attached hydrogens (tertiary/aromatic N) is 2. The van der Waals surface area contributed by atoms with Crippen LogP contribution in [0.5, 0.6) is 0 Å². The fourth-order valence-corrected chi connectivity index (χ4v) is 2.02. The highest BCUT2D eigenvalue weighted by Gasteiger charge is 2.30. The summed E-state index contributed by atoms with van der Waals surface area (Å²) < 4.78 is 4.74. The Morgan fingerprint density at radius 2 is 2.05 bits per heavy atom. The molecule has 0 aliphatic carbocycles. The monoisotopic (exact) mass is 302 g/mol. The van der Waals surface area contributed by atoms with Gasteiger partial charge in [-0.3, -0.25) is 9.80 Å². The first-order valence-electron chi connectivity index (χ1n) is 6.73. The molecule has 0 spiro atoms. The molecule has 2 aromatic rings. The second kappa shape index (κ2) is 6.86. The van der Waals surface area contributed by atoms with Crippen LogP contribution >= 0.6 is 0 Å². The minimum absolute atomic E-state index is 0.195. The molecule has 1 heterocycles. The SMILES string of the molecule is COC(=O)[C@H](Cc1cnc[nH]1)N(N)C(=O)c1ccc(C)cc1. The third-order valence-electron chi connectivity index (χ3n) is 3.31. The van der Waals surface area contributed by atoms with Crippen LogP contribution in [0.4, 0.5) is 0 Å². The number of aryl methyl sites for hydroxylation is 1. The molecule has 0 aliphatic rings. The molecule has 0 unspecified atom stereocenters. The molecule has 2 rings (SSSR count). The van der Waals surface area contributed by atoms with Crippen molar-refractivity contribution in [2.75, 3.05) is 7.11 Å². The molecular weight excluding hydrogens is 284 g/mol. The van der Waals surface area contributed by atoms with E-state index < -0.39 is 17.9 Å². The Morgan fingerprint density at radius 3 is 2.59 bits per heavy atom. The summed E-state index contributed by atoms with van der Waals surface area (Å²) in [7, 11) is 1.26. The number of hydrogen-bond donors (Lipinski definition) is 2. The minimum atomic E-state index is -0.931. The first-order valence-corrected chi connectivity index (χ1v) is 6.73. The molecule has 0 bridgehead atoms. The number of aromatic amines is 1. The molecule has 0 radical (unpaired) electrons. The zero-order valence-corrected chi connectivity index (χ0v) is 12.4. The number of carbonyl (C=O) groups excluding carboxylic acids is 2. The van der Waals surface area contributed by atoms with Gasteiger partial charge in [0.05, 0.1) is 13.4 Å². The molecular formula is C15H18N4O3. The Morgan fingerprint density at radius 1 is 1.36 bits per heavy atom. The number of imidazole rings is 1. The highest BCUT2D eigenvalue weighted by molar-refractivity contribution is 5.96. The number of amides is 1. The number of hydrogen-bond acceptors (Lipinski definition) is 5. The van der Waals surface area contributed by atoms with Crippen LogP contribution in [0.1, 0.15) is 21.6 Å². The van der Waals surface area contributed by atoms with Crippen LogP contribution in [-0.4, -0.2) is 40.0 Å².